The number of carbonyl (C=O) groups is 1. The molecule has 0 radical (unpaired) electrons. The van der Waals surface area contributed by atoms with Crippen LogP contribution in [0.15, 0.2) is 48.5 Å². The first-order valence-electron chi connectivity index (χ1n) is 7.89. The van der Waals surface area contributed by atoms with Crippen molar-refractivity contribution in [3.05, 3.63) is 65.4 Å². The smallest absolute Gasteiger partial charge is 0.321 e. The molecule has 0 fully saturated rings. The van der Waals surface area contributed by atoms with E-state index in [0.29, 0.717) is 6.42 Å². The van der Waals surface area contributed by atoms with Crippen LogP contribution in [-0.2, 0) is 11.2 Å². The Kier molecular flexibility index (Phi) is 3.50. The van der Waals surface area contributed by atoms with Crippen molar-refractivity contribution in [2.75, 3.05) is 7.11 Å². The van der Waals surface area contributed by atoms with Gasteiger partial charge in [0.05, 0.1) is 13.2 Å². The number of para-hydroxylation sites is 1. The van der Waals surface area contributed by atoms with Crippen LogP contribution in [0.1, 0.15) is 22.9 Å². The molecule has 1 aliphatic rings. The van der Waals surface area contributed by atoms with Crippen LogP contribution in [0.4, 0.5) is 0 Å². The van der Waals surface area contributed by atoms with E-state index in [2.05, 4.69) is 10.3 Å². The van der Waals surface area contributed by atoms with Crippen LogP contribution in [0.25, 0.3) is 10.9 Å². The number of aromatic nitrogens is 1. The third-order valence-corrected chi connectivity index (χ3v) is 4.64. The molecule has 5 nitrogen and oxygen atoms in total. The largest absolute Gasteiger partial charge is 0.497 e. The highest BCUT2D eigenvalue weighted by atomic mass is 16.5. The molecule has 2 unspecified atom stereocenters. The second kappa shape index (κ2) is 5.69. The second-order valence-corrected chi connectivity index (χ2v) is 6.03. The van der Waals surface area contributed by atoms with E-state index < -0.39 is 12.0 Å². The lowest BCUT2D eigenvalue weighted by Crippen LogP contribution is -2.44. The number of aromatic amines is 1. The summed E-state index contributed by atoms with van der Waals surface area (Å²) in [6.45, 7) is 0. The Bertz CT molecular complexity index is 916. The summed E-state index contributed by atoms with van der Waals surface area (Å²) in [7, 11) is 1.63. The number of hydrogen-bond acceptors (Lipinski definition) is 3. The van der Waals surface area contributed by atoms with Crippen molar-refractivity contribution >= 4 is 16.9 Å². The van der Waals surface area contributed by atoms with Crippen LogP contribution < -0.4 is 10.1 Å². The van der Waals surface area contributed by atoms with Gasteiger partial charge in [-0.05, 0) is 29.3 Å². The van der Waals surface area contributed by atoms with Gasteiger partial charge in [-0.3, -0.25) is 10.1 Å². The monoisotopic (exact) mass is 322 g/mol. The van der Waals surface area contributed by atoms with Crippen molar-refractivity contribution in [3.63, 3.8) is 0 Å². The highest BCUT2D eigenvalue weighted by molar-refractivity contribution is 5.87. The molecule has 3 N–H and O–H groups in total. The number of carboxylic acid groups (broad SMARTS) is 1. The first-order valence-corrected chi connectivity index (χ1v) is 7.89. The van der Waals surface area contributed by atoms with Crippen LogP contribution in [0.2, 0.25) is 0 Å². The number of benzene rings is 2. The van der Waals surface area contributed by atoms with Gasteiger partial charge in [0.1, 0.15) is 11.8 Å². The van der Waals surface area contributed by atoms with Crippen LogP contribution in [0.3, 0.4) is 0 Å². The maximum atomic E-state index is 11.6. The molecule has 2 heterocycles. The minimum Gasteiger partial charge on any atom is -0.497 e. The van der Waals surface area contributed by atoms with Crippen molar-refractivity contribution in [3.8, 4) is 5.75 Å². The third-order valence-electron chi connectivity index (χ3n) is 4.64. The number of ether oxygens (including phenoxy) is 1. The van der Waals surface area contributed by atoms with Gasteiger partial charge in [-0.2, -0.15) is 0 Å². The van der Waals surface area contributed by atoms with Gasteiger partial charge in [0.2, 0.25) is 0 Å². The van der Waals surface area contributed by atoms with Crippen LogP contribution in [0, 0.1) is 0 Å². The van der Waals surface area contributed by atoms with Crippen molar-refractivity contribution in [2.45, 2.75) is 18.5 Å². The fourth-order valence-electron chi connectivity index (χ4n) is 3.48. The van der Waals surface area contributed by atoms with E-state index in [-0.39, 0.29) is 6.04 Å². The summed E-state index contributed by atoms with van der Waals surface area (Å²) in [5, 5.41) is 13.9. The van der Waals surface area contributed by atoms with Gasteiger partial charge in [-0.25, -0.2) is 0 Å². The predicted molar refractivity (Wildman–Crippen MR) is 91.4 cm³/mol. The summed E-state index contributed by atoms with van der Waals surface area (Å²) in [6.07, 6.45) is 0.467. The molecule has 2 aromatic carbocycles. The van der Waals surface area contributed by atoms with Crippen molar-refractivity contribution in [2.24, 2.45) is 0 Å². The number of hydrogen-bond donors (Lipinski definition) is 3. The molecule has 0 spiro atoms. The highest BCUT2D eigenvalue weighted by Gasteiger charge is 2.33. The van der Waals surface area contributed by atoms with Crippen LogP contribution in [-0.4, -0.2) is 29.2 Å². The average Bonchev–Trinajstić information content (AvgIpc) is 2.99. The molecule has 1 aliphatic heterocycles. The predicted octanol–water partition coefficient (Wildman–Crippen LogP) is 2.86. The highest BCUT2D eigenvalue weighted by Crippen LogP contribution is 2.35. The molecule has 1 aromatic heterocycles. The zero-order valence-corrected chi connectivity index (χ0v) is 13.2. The molecule has 5 heteroatoms. The van der Waals surface area contributed by atoms with Gasteiger partial charge in [0.15, 0.2) is 0 Å². The van der Waals surface area contributed by atoms with E-state index in [1.165, 1.54) is 0 Å². The minimum atomic E-state index is -0.834. The third kappa shape index (κ3) is 2.34. The summed E-state index contributed by atoms with van der Waals surface area (Å²) in [6, 6.07) is 14.9. The Labute approximate surface area is 139 Å². The molecule has 24 heavy (non-hydrogen) atoms. The Morgan fingerprint density at radius 1 is 1.21 bits per heavy atom. The Morgan fingerprint density at radius 3 is 2.83 bits per heavy atom. The quantitative estimate of drug-likeness (QED) is 0.693. The lowest BCUT2D eigenvalue weighted by atomic mass is 9.90. The zero-order valence-electron chi connectivity index (χ0n) is 13.2. The molecule has 3 aromatic rings. The van der Waals surface area contributed by atoms with Gasteiger partial charge >= 0.3 is 5.97 Å². The zero-order chi connectivity index (χ0) is 16.7. The summed E-state index contributed by atoms with van der Waals surface area (Å²) in [5.74, 6) is -0.0803. The number of nitrogens with one attached hydrogen (secondary N) is 2. The van der Waals surface area contributed by atoms with E-state index in [4.69, 9.17) is 4.74 Å². The molecule has 2 atom stereocenters. The lowest BCUT2D eigenvalue weighted by molar-refractivity contribution is -0.139. The van der Waals surface area contributed by atoms with Crippen molar-refractivity contribution < 1.29 is 14.6 Å². The standard InChI is InChI=1S/C19H18N2O3/c1-24-12-6-4-5-11(9-12)17-18-14(10-16(21-17)19(22)23)13-7-2-3-8-15(13)20-18/h2-9,16-17,20-21H,10H2,1H3,(H,22,23). The molecular weight excluding hydrogens is 304 g/mol. The van der Waals surface area contributed by atoms with Gasteiger partial charge < -0.3 is 14.8 Å². The normalized spacial score (nSPS) is 19.9. The summed E-state index contributed by atoms with van der Waals surface area (Å²) in [4.78, 5) is 15.1. The van der Waals surface area contributed by atoms with Gasteiger partial charge in [0, 0.05) is 23.0 Å². The molecule has 0 saturated heterocycles. The van der Waals surface area contributed by atoms with Gasteiger partial charge in [-0.15, -0.1) is 0 Å². The second-order valence-electron chi connectivity index (χ2n) is 6.03. The SMILES string of the molecule is COc1cccc(C2NC(C(=O)O)Cc3c2[nH]c2ccccc32)c1. The molecule has 0 amide bonds. The Hall–Kier alpha value is -2.79. The molecular formula is C19H18N2O3. The van der Waals surface area contributed by atoms with E-state index in [1.807, 2.05) is 48.5 Å². The maximum Gasteiger partial charge on any atom is 0.321 e. The Morgan fingerprint density at radius 2 is 2.04 bits per heavy atom. The summed E-state index contributed by atoms with van der Waals surface area (Å²) < 4.78 is 5.31. The first kappa shape index (κ1) is 14.8. The first-order chi connectivity index (χ1) is 11.7. The number of carboxylic acids is 1. The van der Waals surface area contributed by atoms with E-state index in [9.17, 15) is 9.90 Å². The van der Waals surface area contributed by atoms with Crippen LogP contribution in [0.5, 0.6) is 5.75 Å². The molecule has 122 valence electrons. The van der Waals surface area contributed by atoms with E-state index in [0.717, 1.165) is 33.5 Å². The molecule has 0 bridgehead atoms. The van der Waals surface area contributed by atoms with Crippen molar-refractivity contribution in [1.29, 1.82) is 0 Å². The van der Waals surface area contributed by atoms with E-state index in [1.54, 1.807) is 7.11 Å². The topological polar surface area (TPSA) is 74.3 Å². The maximum absolute atomic E-state index is 11.6. The molecule has 0 saturated carbocycles. The number of fused-ring (bicyclic) bond motifs is 3. The summed E-state index contributed by atoms with van der Waals surface area (Å²) >= 11 is 0. The van der Waals surface area contributed by atoms with E-state index >= 15 is 0 Å². The minimum absolute atomic E-state index is 0.211. The number of rotatable bonds is 3. The van der Waals surface area contributed by atoms with Crippen LogP contribution >= 0.6 is 0 Å². The number of methoxy groups -OCH3 is 1. The van der Waals surface area contributed by atoms with Gasteiger partial charge in [0.25, 0.3) is 0 Å². The number of aliphatic carboxylic acids is 1. The average molecular weight is 322 g/mol. The number of H-pyrrole nitrogens is 1. The molecule has 4 rings (SSSR count). The fraction of sp³-hybridized carbons (Fsp3) is 0.211. The van der Waals surface area contributed by atoms with Gasteiger partial charge in [-0.1, -0.05) is 30.3 Å². The Balaban J connectivity index is 1.89. The summed E-state index contributed by atoms with van der Waals surface area (Å²) in [5.41, 5.74) is 4.11. The lowest BCUT2D eigenvalue weighted by Gasteiger charge is -2.29. The fourth-order valence-corrected chi connectivity index (χ4v) is 3.48. The van der Waals surface area contributed by atoms with Crippen molar-refractivity contribution in [1.82, 2.24) is 10.3 Å². The molecule has 0 aliphatic carbocycles.